The van der Waals surface area contributed by atoms with Crippen molar-refractivity contribution in [3.8, 4) is 0 Å². The van der Waals surface area contributed by atoms with E-state index in [-0.39, 0.29) is 18.3 Å². The zero-order valence-electron chi connectivity index (χ0n) is 12.1. The van der Waals surface area contributed by atoms with Crippen LogP contribution in [0.5, 0.6) is 0 Å². The van der Waals surface area contributed by atoms with Crippen molar-refractivity contribution < 1.29 is 13.6 Å². The van der Waals surface area contributed by atoms with Crippen molar-refractivity contribution in [3.63, 3.8) is 0 Å². The Kier molecular flexibility index (Phi) is 3.66. The van der Waals surface area contributed by atoms with Crippen molar-refractivity contribution in [1.29, 1.82) is 0 Å². The van der Waals surface area contributed by atoms with Crippen LogP contribution in [-0.4, -0.2) is 18.5 Å². The summed E-state index contributed by atoms with van der Waals surface area (Å²) < 4.78 is 27.8. The second-order valence-electron chi connectivity index (χ2n) is 5.35. The second kappa shape index (κ2) is 5.50. The minimum atomic E-state index is -3.25. The maximum atomic E-state index is 13.9. The normalized spacial score (nSPS) is 18.8. The lowest BCUT2D eigenvalue weighted by Gasteiger charge is -2.28. The van der Waals surface area contributed by atoms with Crippen molar-refractivity contribution in [2.75, 3.05) is 11.4 Å². The molecule has 5 heteroatoms. The second-order valence-corrected chi connectivity index (χ2v) is 5.35. The molecule has 3 rings (SSSR count). The van der Waals surface area contributed by atoms with E-state index in [1.807, 2.05) is 30.3 Å². The molecule has 2 aromatic carbocycles. The first-order chi connectivity index (χ1) is 10.5. The van der Waals surface area contributed by atoms with Crippen LogP contribution in [0.15, 0.2) is 54.6 Å². The Hall–Kier alpha value is -2.27. The van der Waals surface area contributed by atoms with Crippen LogP contribution in [0.25, 0.3) is 0 Å². The Balaban J connectivity index is 2.15. The number of halogens is 2. The third-order valence-electron chi connectivity index (χ3n) is 3.72. The lowest BCUT2D eigenvalue weighted by molar-refractivity contribution is -0.123. The number of amides is 1. The Bertz CT molecular complexity index is 683. The summed E-state index contributed by atoms with van der Waals surface area (Å²) in [5, 5.41) is 3.08. The fourth-order valence-corrected chi connectivity index (χ4v) is 2.82. The van der Waals surface area contributed by atoms with E-state index in [1.165, 1.54) is 0 Å². The maximum absolute atomic E-state index is 13.9. The van der Waals surface area contributed by atoms with Crippen LogP contribution in [0, 0.1) is 0 Å². The van der Waals surface area contributed by atoms with Gasteiger partial charge in [0.25, 0.3) is 0 Å². The summed E-state index contributed by atoms with van der Waals surface area (Å²) in [5.41, 5.74) is 1.85. The van der Waals surface area contributed by atoms with Crippen LogP contribution in [0.2, 0.25) is 0 Å². The number of carbonyl (C=O) groups excluding carboxylic acids is 1. The average Bonchev–Trinajstić information content (AvgIpc) is 2.63. The Morgan fingerprint density at radius 1 is 1.09 bits per heavy atom. The third kappa shape index (κ3) is 2.60. The molecule has 0 spiro atoms. The van der Waals surface area contributed by atoms with Crippen molar-refractivity contribution in [1.82, 2.24) is 5.32 Å². The third-order valence-corrected chi connectivity index (χ3v) is 3.72. The molecule has 1 unspecified atom stereocenters. The van der Waals surface area contributed by atoms with Gasteiger partial charge >= 0.3 is 6.05 Å². The summed E-state index contributed by atoms with van der Waals surface area (Å²) in [7, 11) is 0. The van der Waals surface area contributed by atoms with E-state index >= 15 is 0 Å². The largest absolute Gasteiger partial charge is 0.329 e. The van der Waals surface area contributed by atoms with E-state index in [1.54, 1.807) is 24.3 Å². The lowest BCUT2D eigenvalue weighted by Crippen LogP contribution is -2.46. The van der Waals surface area contributed by atoms with Gasteiger partial charge in [-0.25, -0.2) is 0 Å². The van der Waals surface area contributed by atoms with Gasteiger partial charge in [0, 0.05) is 6.92 Å². The van der Waals surface area contributed by atoms with Crippen molar-refractivity contribution >= 4 is 11.6 Å². The van der Waals surface area contributed by atoms with E-state index in [2.05, 4.69) is 5.32 Å². The molecule has 0 saturated heterocycles. The molecule has 1 atom stereocenters. The van der Waals surface area contributed by atoms with Crippen LogP contribution in [-0.2, 0) is 4.79 Å². The molecule has 0 aliphatic carbocycles. The summed E-state index contributed by atoms with van der Waals surface area (Å²) in [6.45, 7) is 0.599. The van der Waals surface area contributed by atoms with E-state index in [9.17, 15) is 13.6 Å². The fraction of sp³-hybridized carbons (Fsp3) is 0.235. The molecule has 0 bridgehead atoms. The summed E-state index contributed by atoms with van der Waals surface area (Å²) in [4.78, 5) is 12.8. The number of nitrogens with zero attached hydrogens (tertiary/aromatic N) is 1. The van der Waals surface area contributed by atoms with Gasteiger partial charge in [0.1, 0.15) is 0 Å². The van der Waals surface area contributed by atoms with Crippen LogP contribution in [0.4, 0.5) is 14.5 Å². The highest BCUT2D eigenvalue weighted by atomic mass is 19.3. The molecule has 1 aliphatic heterocycles. The molecule has 1 N–H and O–H groups in total. The molecule has 2 aromatic rings. The van der Waals surface area contributed by atoms with Gasteiger partial charge < -0.3 is 0 Å². The molecule has 22 heavy (non-hydrogen) atoms. The van der Waals surface area contributed by atoms with Gasteiger partial charge in [0.05, 0.1) is 18.3 Å². The molecule has 1 aliphatic rings. The summed E-state index contributed by atoms with van der Waals surface area (Å²) in [6, 6.07) is 12.7. The number of anilines is 1. The molecule has 0 saturated carbocycles. The van der Waals surface area contributed by atoms with Gasteiger partial charge in [-0.1, -0.05) is 48.5 Å². The van der Waals surface area contributed by atoms with Gasteiger partial charge in [0.15, 0.2) is 0 Å². The van der Waals surface area contributed by atoms with Gasteiger partial charge in [-0.15, -0.1) is 0 Å². The molecular formula is C17H16F2N2O. The minimum absolute atomic E-state index is 0.141. The number of rotatable bonds is 2. The highest BCUT2D eigenvalue weighted by Crippen LogP contribution is 2.37. The predicted octanol–water partition coefficient (Wildman–Crippen LogP) is 3.32. The first-order valence-electron chi connectivity index (χ1n) is 7.06. The van der Waals surface area contributed by atoms with Crippen LogP contribution in [0.1, 0.15) is 24.1 Å². The molecule has 0 aromatic heterocycles. The Morgan fingerprint density at radius 2 is 1.73 bits per heavy atom. The van der Waals surface area contributed by atoms with Gasteiger partial charge in [-0.2, -0.15) is 8.78 Å². The molecule has 114 valence electrons. The SMILES string of the molecule is CC(F)(F)N1C(=O)CNC(c2ccccc2)c2ccccc21. The van der Waals surface area contributed by atoms with Crippen molar-refractivity contribution in [2.45, 2.75) is 19.0 Å². The van der Waals surface area contributed by atoms with E-state index in [4.69, 9.17) is 0 Å². The summed E-state index contributed by atoms with van der Waals surface area (Å²) in [5.74, 6) is -0.640. The quantitative estimate of drug-likeness (QED) is 0.863. The monoisotopic (exact) mass is 302 g/mol. The minimum Gasteiger partial charge on any atom is -0.298 e. The standard InChI is InChI=1S/C17H16F2N2O/c1-17(18,19)21-14-10-6-5-9-13(14)16(20-11-15(21)22)12-7-3-2-4-8-12/h2-10,16,20H,11H2,1H3. The van der Waals surface area contributed by atoms with E-state index in [0.29, 0.717) is 10.5 Å². The summed E-state index contributed by atoms with van der Waals surface area (Å²) in [6.07, 6.45) is 0. The number of carbonyl (C=O) groups is 1. The molecule has 0 radical (unpaired) electrons. The smallest absolute Gasteiger partial charge is 0.298 e. The number of fused-ring (bicyclic) bond motifs is 1. The maximum Gasteiger partial charge on any atom is 0.329 e. The van der Waals surface area contributed by atoms with Crippen molar-refractivity contribution in [3.05, 3.63) is 65.7 Å². The van der Waals surface area contributed by atoms with E-state index in [0.717, 1.165) is 12.5 Å². The molecule has 3 nitrogen and oxygen atoms in total. The van der Waals surface area contributed by atoms with Gasteiger partial charge in [-0.3, -0.25) is 15.0 Å². The zero-order valence-corrected chi connectivity index (χ0v) is 12.1. The average molecular weight is 302 g/mol. The number of hydrogen-bond acceptors (Lipinski definition) is 2. The van der Waals surface area contributed by atoms with Gasteiger partial charge in [-0.05, 0) is 17.2 Å². The zero-order chi connectivity index (χ0) is 15.7. The van der Waals surface area contributed by atoms with E-state index < -0.39 is 12.0 Å². The molecular weight excluding hydrogens is 286 g/mol. The summed E-state index contributed by atoms with van der Waals surface area (Å²) >= 11 is 0. The first-order valence-corrected chi connectivity index (χ1v) is 7.06. The van der Waals surface area contributed by atoms with Gasteiger partial charge in [0.2, 0.25) is 5.91 Å². The number of alkyl halides is 2. The number of benzene rings is 2. The topological polar surface area (TPSA) is 32.3 Å². The fourth-order valence-electron chi connectivity index (χ4n) is 2.82. The highest BCUT2D eigenvalue weighted by Gasteiger charge is 2.40. The lowest BCUT2D eigenvalue weighted by atomic mass is 9.97. The predicted molar refractivity (Wildman–Crippen MR) is 80.8 cm³/mol. The Morgan fingerprint density at radius 3 is 2.41 bits per heavy atom. The number of nitrogens with one attached hydrogen (secondary N) is 1. The van der Waals surface area contributed by atoms with Crippen molar-refractivity contribution in [2.24, 2.45) is 0 Å². The molecule has 1 heterocycles. The van der Waals surface area contributed by atoms with Crippen LogP contribution >= 0.6 is 0 Å². The number of hydrogen-bond donors (Lipinski definition) is 1. The highest BCUT2D eigenvalue weighted by molar-refractivity contribution is 5.97. The molecule has 0 fully saturated rings. The van der Waals surface area contributed by atoms with Crippen LogP contribution < -0.4 is 10.2 Å². The van der Waals surface area contributed by atoms with Crippen LogP contribution in [0.3, 0.4) is 0 Å². The molecule has 1 amide bonds. The first kappa shape index (κ1) is 14.7. The Labute approximate surface area is 127 Å². The number of para-hydroxylation sites is 1.